The molecular weight excluding hydrogens is 242 g/mol. The van der Waals surface area contributed by atoms with Gasteiger partial charge in [0.15, 0.2) is 0 Å². The molecule has 0 radical (unpaired) electrons. The Morgan fingerprint density at radius 3 is 2.06 bits per heavy atom. The number of hydrogen-bond acceptors (Lipinski definition) is 7. The molecule has 2 N–H and O–H groups in total. The van der Waals surface area contributed by atoms with Gasteiger partial charge in [0.2, 0.25) is 0 Å². The zero-order chi connectivity index (χ0) is 14.1. The van der Waals surface area contributed by atoms with Crippen molar-refractivity contribution in [3.8, 4) is 0 Å². The van der Waals surface area contributed by atoms with Crippen molar-refractivity contribution in [2.24, 2.45) is 5.73 Å². The monoisotopic (exact) mass is 255 g/mol. The van der Waals surface area contributed by atoms with Crippen LogP contribution in [0, 0.1) is 0 Å². The maximum atomic E-state index is 11.2. The summed E-state index contributed by atoms with van der Waals surface area (Å²) in [5.41, 5.74) is 5.36. The van der Waals surface area contributed by atoms with Crippen molar-refractivity contribution in [1.82, 2.24) is 0 Å². The van der Waals surface area contributed by atoms with Crippen LogP contribution in [0.2, 0.25) is 0 Å². The van der Waals surface area contributed by atoms with Crippen molar-refractivity contribution in [1.29, 1.82) is 0 Å². The fourth-order valence-electron chi connectivity index (χ4n) is 0.813. The third-order valence-corrected chi connectivity index (χ3v) is 1.71. The van der Waals surface area contributed by atoms with Crippen LogP contribution in [0.1, 0.15) is 12.8 Å². The maximum absolute atomic E-state index is 11.2. The van der Waals surface area contributed by atoms with E-state index in [4.69, 9.17) is 5.73 Å². The highest BCUT2D eigenvalue weighted by Gasteiger charge is 2.19. The predicted octanol–water partition coefficient (Wildman–Crippen LogP) is -0.395. The standard InChI is InChI=1S/C11H13NO6/c1-3-8(13)17-10(15)6-5-7(12)11(16)18-9(14)4-2/h3-4,7H,1-2,5-6,12H2/t7-/m0/s1. The zero-order valence-electron chi connectivity index (χ0n) is 9.59. The first kappa shape index (κ1) is 15.7. The third kappa shape index (κ3) is 6.33. The molecule has 0 aromatic rings. The summed E-state index contributed by atoms with van der Waals surface area (Å²) in [6.07, 6.45) is 1.25. The molecule has 0 aliphatic rings. The lowest BCUT2D eigenvalue weighted by Crippen LogP contribution is -2.34. The van der Waals surface area contributed by atoms with Crippen LogP contribution in [-0.2, 0) is 28.7 Å². The number of ether oxygens (including phenoxy) is 2. The van der Waals surface area contributed by atoms with Gasteiger partial charge >= 0.3 is 23.9 Å². The van der Waals surface area contributed by atoms with E-state index in [1.807, 2.05) is 0 Å². The minimum atomic E-state index is -1.17. The Hall–Kier alpha value is -2.28. The predicted molar refractivity (Wildman–Crippen MR) is 59.8 cm³/mol. The lowest BCUT2D eigenvalue weighted by atomic mass is 10.2. The second-order valence-electron chi connectivity index (χ2n) is 3.09. The molecule has 0 amide bonds. The molecule has 7 heteroatoms. The van der Waals surface area contributed by atoms with Gasteiger partial charge in [-0.05, 0) is 6.42 Å². The third-order valence-electron chi connectivity index (χ3n) is 1.71. The first-order valence-electron chi connectivity index (χ1n) is 4.91. The molecule has 0 saturated carbocycles. The number of hydrogen-bond donors (Lipinski definition) is 1. The van der Waals surface area contributed by atoms with Crippen LogP contribution < -0.4 is 5.73 Å². The first-order chi connectivity index (χ1) is 8.40. The molecule has 0 spiro atoms. The van der Waals surface area contributed by atoms with E-state index < -0.39 is 29.9 Å². The minimum absolute atomic E-state index is 0.119. The largest absolute Gasteiger partial charge is 0.390 e. The van der Waals surface area contributed by atoms with Gasteiger partial charge in [0.25, 0.3) is 0 Å². The smallest absolute Gasteiger partial charge is 0.337 e. The molecule has 0 unspecified atom stereocenters. The van der Waals surface area contributed by atoms with E-state index in [0.717, 1.165) is 12.2 Å². The average molecular weight is 255 g/mol. The van der Waals surface area contributed by atoms with E-state index in [1.54, 1.807) is 0 Å². The second-order valence-corrected chi connectivity index (χ2v) is 3.09. The van der Waals surface area contributed by atoms with Gasteiger partial charge in [-0.3, -0.25) is 4.79 Å². The quantitative estimate of drug-likeness (QED) is 0.390. The van der Waals surface area contributed by atoms with Crippen LogP contribution >= 0.6 is 0 Å². The lowest BCUT2D eigenvalue weighted by molar-refractivity contribution is -0.157. The molecule has 0 heterocycles. The Bertz CT molecular complexity index is 387. The molecule has 0 rings (SSSR count). The SMILES string of the molecule is C=CC(=O)OC(=O)CC[C@H](N)C(=O)OC(=O)C=C. The maximum Gasteiger partial charge on any atom is 0.337 e. The van der Waals surface area contributed by atoms with Crippen molar-refractivity contribution >= 4 is 23.9 Å². The summed E-state index contributed by atoms with van der Waals surface area (Å²) in [6.45, 7) is 6.21. The van der Waals surface area contributed by atoms with E-state index in [0.29, 0.717) is 0 Å². The Labute approximate surface area is 103 Å². The summed E-state index contributed by atoms with van der Waals surface area (Å²) in [5, 5.41) is 0. The van der Waals surface area contributed by atoms with Gasteiger partial charge in [0.1, 0.15) is 6.04 Å². The average Bonchev–Trinajstić information content (AvgIpc) is 2.35. The van der Waals surface area contributed by atoms with Crippen molar-refractivity contribution < 1.29 is 28.7 Å². The Balaban J connectivity index is 4.05. The number of carbonyl (C=O) groups is 4. The number of esters is 4. The number of rotatable bonds is 6. The van der Waals surface area contributed by atoms with Gasteiger partial charge in [0.05, 0.1) is 0 Å². The number of nitrogens with two attached hydrogens (primary N) is 1. The Morgan fingerprint density at radius 1 is 1.06 bits per heavy atom. The van der Waals surface area contributed by atoms with E-state index in [-0.39, 0.29) is 12.8 Å². The fourth-order valence-corrected chi connectivity index (χ4v) is 0.813. The van der Waals surface area contributed by atoms with Crippen molar-refractivity contribution in [3.63, 3.8) is 0 Å². The molecular formula is C11H13NO6. The number of carbonyl (C=O) groups excluding carboxylic acids is 4. The second kappa shape index (κ2) is 7.91. The van der Waals surface area contributed by atoms with Crippen molar-refractivity contribution in [3.05, 3.63) is 25.3 Å². The first-order valence-corrected chi connectivity index (χ1v) is 4.91. The molecule has 98 valence electrons. The van der Waals surface area contributed by atoms with Crippen LogP contribution in [0.25, 0.3) is 0 Å². The van der Waals surface area contributed by atoms with Crippen LogP contribution in [0.5, 0.6) is 0 Å². The van der Waals surface area contributed by atoms with Gasteiger partial charge in [-0.25, -0.2) is 14.4 Å². The van der Waals surface area contributed by atoms with Crippen LogP contribution in [-0.4, -0.2) is 29.9 Å². The lowest BCUT2D eigenvalue weighted by Gasteiger charge is -2.08. The topological polar surface area (TPSA) is 113 Å². The molecule has 18 heavy (non-hydrogen) atoms. The molecule has 0 aromatic heterocycles. The van der Waals surface area contributed by atoms with E-state index >= 15 is 0 Å². The highest BCUT2D eigenvalue weighted by Crippen LogP contribution is 2.00. The van der Waals surface area contributed by atoms with Gasteiger partial charge in [-0.15, -0.1) is 0 Å². The van der Waals surface area contributed by atoms with E-state index in [1.165, 1.54) is 0 Å². The summed E-state index contributed by atoms with van der Waals surface area (Å²) in [7, 11) is 0. The molecule has 7 nitrogen and oxygen atoms in total. The molecule has 0 aromatic carbocycles. The van der Waals surface area contributed by atoms with Crippen LogP contribution in [0.4, 0.5) is 0 Å². The van der Waals surface area contributed by atoms with Gasteiger partial charge in [-0.2, -0.15) is 0 Å². The van der Waals surface area contributed by atoms with Gasteiger partial charge < -0.3 is 15.2 Å². The summed E-state index contributed by atoms with van der Waals surface area (Å²) in [5.74, 6) is -3.65. The summed E-state index contributed by atoms with van der Waals surface area (Å²) in [6, 6.07) is -1.17. The summed E-state index contributed by atoms with van der Waals surface area (Å²) < 4.78 is 8.49. The fraction of sp³-hybridized carbons (Fsp3) is 0.273. The molecule has 0 saturated heterocycles. The van der Waals surface area contributed by atoms with Gasteiger partial charge in [-0.1, -0.05) is 13.2 Å². The molecule has 0 bridgehead atoms. The van der Waals surface area contributed by atoms with Crippen molar-refractivity contribution in [2.75, 3.05) is 0 Å². The molecule has 0 fully saturated rings. The molecule has 0 aliphatic heterocycles. The Morgan fingerprint density at radius 2 is 1.56 bits per heavy atom. The highest BCUT2D eigenvalue weighted by atomic mass is 16.6. The van der Waals surface area contributed by atoms with E-state index in [9.17, 15) is 19.2 Å². The molecule has 1 atom stereocenters. The highest BCUT2D eigenvalue weighted by molar-refractivity contribution is 5.94. The molecule has 0 aliphatic carbocycles. The minimum Gasteiger partial charge on any atom is -0.390 e. The Kier molecular flexibility index (Phi) is 6.91. The normalized spacial score (nSPS) is 10.9. The van der Waals surface area contributed by atoms with Crippen LogP contribution in [0.15, 0.2) is 25.3 Å². The van der Waals surface area contributed by atoms with E-state index in [2.05, 4.69) is 22.6 Å². The summed E-state index contributed by atoms with van der Waals surface area (Å²) in [4.78, 5) is 43.5. The summed E-state index contributed by atoms with van der Waals surface area (Å²) >= 11 is 0. The zero-order valence-corrected chi connectivity index (χ0v) is 9.59. The van der Waals surface area contributed by atoms with Crippen LogP contribution in [0.3, 0.4) is 0 Å². The van der Waals surface area contributed by atoms with Crippen molar-refractivity contribution in [2.45, 2.75) is 18.9 Å². The van der Waals surface area contributed by atoms with Gasteiger partial charge in [0, 0.05) is 18.6 Å².